The quantitative estimate of drug-likeness (QED) is 0.737. The number of halogens is 2. The fourth-order valence-electron chi connectivity index (χ4n) is 1.74. The summed E-state index contributed by atoms with van der Waals surface area (Å²) in [6.45, 7) is 2.18. The maximum absolute atomic E-state index is 6.21. The Hall–Kier alpha value is -0.0300. The molecule has 0 atom stereocenters. The predicted octanol–water partition coefficient (Wildman–Crippen LogP) is 3.33. The van der Waals surface area contributed by atoms with Gasteiger partial charge in [0.05, 0.1) is 5.02 Å². The molecule has 2 nitrogen and oxygen atoms in total. The zero-order valence-electron chi connectivity index (χ0n) is 7.84. The van der Waals surface area contributed by atoms with E-state index in [1.165, 1.54) is 19.3 Å². The average Bonchev–Trinajstić information content (AvgIpc) is 2.23. The van der Waals surface area contributed by atoms with Gasteiger partial charge in [0.15, 0.2) is 0 Å². The Balaban J connectivity index is 2.26. The van der Waals surface area contributed by atoms with Crippen LogP contribution in [0.15, 0.2) is 12.3 Å². The number of piperidine rings is 1. The van der Waals surface area contributed by atoms with E-state index in [2.05, 4.69) is 32.5 Å². The smallest absolute Gasteiger partial charge is 0.148 e. The summed E-state index contributed by atoms with van der Waals surface area (Å²) >= 11 is 8.46. The Labute approximate surface area is 103 Å². The minimum atomic E-state index is 0.801. The van der Waals surface area contributed by atoms with Gasteiger partial charge in [-0.25, -0.2) is 4.98 Å². The van der Waals surface area contributed by atoms with Crippen LogP contribution >= 0.6 is 34.2 Å². The van der Waals surface area contributed by atoms with Crippen molar-refractivity contribution >= 4 is 40.0 Å². The Bertz CT molecular complexity index is 324. The summed E-state index contributed by atoms with van der Waals surface area (Å²) in [4.78, 5) is 6.64. The Morgan fingerprint density at radius 2 is 2.00 bits per heavy atom. The lowest BCUT2D eigenvalue weighted by Crippen LogP contribution is -2.30. The molecule has 0 amide bonds. The van der Waals surface area contributed by atoms with E-state index in [0.29, 0.717) is 0 Å². The molecule has 0 aromatic carbocycles. The first kappa shape index (κ1) is 10.5. The number of anilines is 1. The first-order valence-electron chi connectivity index (χ1n) is 4.84. The third kappa shape index (κ3) is 2.14. The number of rotatable bonds is 1. The van der Waals surface area contributed by atoms with Crippen LogP contribution in [-0.2, 0) is 0 Å². The summed E-state index contributed by atoms with van der Waals surface area (Å²) in [7, 11) is 0. The topological polar surface area (TPSA) is 16.1 Å². The minimum Gasteiger partial charge on any atom is -0.355 e. The lowest BCUT2D eigenvalue weighted by molar-refractivity contribution is 0.573. The molecule has 0 saturated carbocycles. The van der Waals surface area contributed by atoms with Crippen LogP contribution in [0.2, 0.25) is 5.02 Å². The van der Waals surface area contributed by atoms with Gasteiger partial charge in [0.25, 0.3) is 0 Å². The van der Waals surface area contributed by atoms with Crippen LogP contribution in [0.5, 0.6) is 0 Å². The number of pyridine rings is 1. The van der Waals surface area contributed by atoms with Crippen LogP contribution in [0.25, 0.3) is 0 Å². The van der Waals surface area contributed by atoms with E-state index >= 15 is 0 Å². The van der Waals surface area contributed by atoms with E-state index in [4.69, 9.17) is 11.6 Å². The maximum atomic E-state index is 6.21. The van der Waals surface area contributed by atoms with Crippen molar-refractivity contribution in [3.63, 3.8) is 0 Å². The van der Waals surface area contributed by atoms with E-state index < -0.39 is 0 Å². The van der Waals surface area contributed by atoms with Crippen molar-refractivity contribution in [3.8, 4) is 0 Å². The highest BCUT2D eigenvalue weighted by atomic mass is 127. The van der Waals surface area contributed by atoms with Crippen molar-refractivity contribution in [1.82, 2.24) is 4.98 Å². The van der Waals surface area contributed by atoms with Gasteiger partial charge in [-0.1, -0.05) is 11.6 Å². The molecule has 0 unspecified atom stereocenters. The summed E-state index contributed by atoms with van der Waals surface area (Å²) < 4.78 is 1.08. The molecular weight excluding hydrogens is 310 g/mol. The summed E-state index contributed by atoms with van der Waals surface area (Å²) in [5, 5.41) is 0.801. The van der Waals surface area contributed by atoms with Gasteiger partial charge in [-0.3, -0.25) is 0 Å². The highest BCUT2D eigenvalue weighted by Gasteiger charge is 2.15. The Morgan fingerprint density at radius 1 is 1.29 bits per heavy atom. The molecule has 0 N–H and O–H groups in total. The van der Waals surface area contributed by atoms with E-state index in [0.717, 1.165) is 27.5 Å². The molecule has 1 fully saturated rings. The van der Waals surface area contributed by atoms with Crippen molar-refractivity contribution in [1.29, 1.82) is 0 Å². The molecular formula is C10H12ClIN2. The molecule has 0 bridgehead atoms. The Morgan fingerprint density at radius 3 is 2.71 bits per heavy atom. The van der Waals surface area contributed by atoms with Crippen molar-refractivity contribution in [2.24, 2.45) is 0 Å². The molecule has 0 aliphatic carbocycles. The van der Waals surface area contributed by atoms with Crippen molar-refractivity contribution in [3.05, 3.63) is 20.9 Å². The van der Waals surface area contributed by atoms with Gasteiger partial charge in [0, 0.05) is 22.9 Å². The molecule has 1 aromatic heterocycles. The zero-order valence-corrected chi connectivity index (χ0v) is 10.8. The van der Waals surface area contributed by atoms with Crippen LogP contribution in [0, 0.1) is 3.57 Å². The van der Waals surface area contributed by atoms with Gasteiger partial charge in [-0.15, -0.1) is 0 Å². The van der Waals surface area contributed by atoms with Gasteiger partial charge in [0.2, 0.25) is 0 Å². The minimum absolute atomic E-state index is 0.801. The second-order valence-corrected chi connectivity index (χ2v) is 5.02. The number of hydrogen-bond donors (Lipinski definition) is 0. The monoisotopic (exact) mass is 322 g/mol. The molecule has 1 aromatic rings. The van der Waals surface area contributed by atoms with Gasteiger partial charge in [0.1, 0.15) is 5.82 Å². The van der Waals surface area contributed by atoms with Crippen LogP contribution in [0.1, 0.15) is 19.3 Å². The second kappa shape index (κ2) is 4.66. The number of hydrogen-bond acceptors (Lipinski definition) is 2. The van der Waals surface area contributed by atoms with Gasteiger partial charge in [-0.05, 0) is 47.9 Å². The fraction of sp³-hybridized carbons (Fsp3) is 0.500. The number of aromatic nitrogens is 1. The van der Waals surface area contributed by atoms with Crippen LogP contribution < -0.4 is 4.90 Å². The van der Waals surface area contributed by atoms with E-state index in [9.17, 15) is 0 Å². The highest BCUT2D eigenvalue weighted by Crippen LogP contribution is 2.29. The average molecular weight is 323 g/mol. The van der Waals surface area contributed by atoms with Crippen LogP contribution in [0.3, 0.4) is 0 Å². The predicted molar refractivity (Wildman–Crippen MR) is 68.0 cm³/mol. The van der Waals surface area contributed by atoms with Crippen molar-refractivity contribution < 1.29 is 0 Å². The van der Waals surface area contributed by atoms with Gasteiger partial charge in [-0.2, -0.15) is 0 Å². The van der Waals surface area contributed by atoms with E-state index in [1.54, 1.807) is 0 Å². The van der Waals surface area contributed by atoms with Gasteiger partial charge >= 0.3 is 0 Å². The Kier molecular flexibility index (Phi) is 3.49. The largest absolute Gasteiger partial charge is 0.355 e. The summed E-state index contributed by atoms with van der Waals surface area (Å²) in [5.74, 6) is 0.957. The number of nitrogens with zero attached hydrogens (tertiary/aromatic N) is 2. The fourth-order valence-corrected chi connectivity index (χ4v) is 2.37. The molecule has 1 saturated heterocycles. The van der Waals surface area contributed by atoms with Crippen molar-refractivity contribution in [2.75, 3.05) is 18.0 Å². The van der Waals surface area contributed by atoms with Crippen molar-refractivity contribution in [2.45, 2.75) is 19.3 Å². The molecule has 2 rings (SSSR count). The second-order valence-electron chi connectivity index (χ2n) is 3.48. The van der Waals surface area contributed by atoms with Crippen LogP contribution in [-0.4, -0.2) is 18.1 Å². The summed E-state index contributed by atoms with van der Waals surface area (Å²) in [6.07, 6.45) is 5.67. The SMILES string of the molecule is Clc1c(I)ccnc1N1CCCCC1. The normalized spacial score (nSPS) is 17.1. The lowest BCUT2D eigenvalue weighted by Gasteiger charge is -2.28. The molecule has 1 aliphatic heterocycles. The molecule has 0 radical (unpaired) electrons. The molecule has 1 aliphatic rings. The zero-order chi connectivity index (χ0) is 9.97. The molecule has 4 heteroatoms. The molecule has 0 spiro atoms. The van der Waals surface area contributed by atoms with Gasteiger partial charge < -0.3 is 4.90 Å². The molecule has 2 heterocycles. The molecule has 76 valence electrons. The summed E-state index contributed by atoms with van der Waals surface area (Å²) in [5.41, 5.74) is 0. The third-order valence-corrected chi connectivity index (χ3v) is 4.07. The molecule has 14 heavy (non-hydrogen) atoms. The lowest BCUT2D eigenvalue weighted by atomic mass is 10.1. The van der Waals surface area contributed by atoms with Crippen LogP contribution in [0.4, 0.5) is 5.82 Å². The first-order valence-corrected chi connectivity index (χ1v) is 6.29. The third-order valence-electron chi connectivity index (χ3n) is 2.48. The first-order chi connectivity index (χ1) is 6.79. The van der Waals surface area contributed by atoms with E-state index in [1.807, 2.05) is 12.3 Å². The summed E-state index contributed by atoms with van der Waals surface area (Å²) in [6, 6.07) is 1.94. The standard InChI is InChI=1S/C10H12ClIN2/c11-9-8(12)4-5-13-10(9)14-6-2-1-3-7-14/h4-5H,1-3,6-7H2. The highest BCUT2D eigenvalue weighted by molar-refractivity contribution is 14.1. The maximum Gasteiger partial charge on any atom is 0.148 e. The van der Waals surface area contributed by atoms with E-state index in [-0.39, 0.29) is 0 Å².